The minimum Gasteiger partial charge on any atom is -0.379 e. The average Bonchev–Trinajstić information content (AvgIpc) is 3.24. The number of likely N-dealkylation sites (tertiary alicyclic amines) is 1. The standard InChI is InChI=1S/C15H21N5O2/c1-4-13-10(5-6-19(13)2)15(21)20-8-11(14(9-20)22-3)12-7-16-18-17-12/h5-7,11,14H,4,8-9H2,1-3H3,(H,16,17,18)/t11-,14+/m0/s1. The summed E-state index contributed by atoms with van der Waals surface area (Å²) < 4.78 is 7.55. The van der Waals surface area contributed by atoms with Gasteiger partial charge in [-0.05, 0) is 12.5 Å². The monoisotopic (exact) mass is 303 g/mol. The second-order valence-corrected chi connectivity index (χ2v) is 5.63. The van der Waals surface area contributed by atoms with Crippen LogP contribution in [-0.2, 0) is 18.2 Å². The number of hydrogen-bond acceptors (Lipinski definition) is 4. The lowest BCUT2D eigenvalue weighted by Crippen LogP contribution is -2.30. The summed E-state index contributed by atoms with van der Waals surface area (Å²) >= 11 is 0. The predicted molar refractivity (Wildman–Crippen MR) is 80.6 cm³/mol. The summed E-state index contributed by atoms with van der Waals surface area (Å²) in [5.41, 5.74) is 2.68. The molecule has 0 aliphatic carbocycles. The van der Waals surface area contributed by atoms with Gasteiger partial charge in [0.15, 0.2) is 0 Å². The van der Waals surface area contributed by atoms with E-state index in [9.17, 15) is 4.79 Å². The molecule has 2 atom stereocenters. The number of carbonyl (C=O) groups is 1. The quantitative estimate of drug-likeness (QED) is 0.913. The maximum atomic E-state index is 12.8. The fourth-order valence-electron chi connectivity index (χ4n) is 3.22. The highest BCUT2D eigenvalue weighted by Crippen LogP contribution is 2.29. The molecular formula is C15H21N5O2. The topological polar surface area (TPSA) is 76.0 Å². The van der Waals surface area contributed by atoms with Crippen LogP contribution in [0.25, 0.3) is 0 Å². The number of nitrogens with zero attached hydrogens (tertiary/aromatic N) is 4. The van der Waals surface area contributed by atoms with E-state index in [2.05, 4.69) is 22.3 Å². The highest BCUT2D eigenvalue weighted by atomic mass is 16.5. The van der Waals surface area contributed by atoms with Crippen LogP contribution in [0.2, 0.25) is 0 Å². The number of hydrogen-bond donors (Lipinski definition) is 1. The Morgan fingerprint density at radius 3 is 2.95 bits per heavy atom. The van der Waals surface area contributed by atoms with Gasteiger partial charge < -0.3 is 14.2 Å². The third-order valence-corrected chi connectivity index (χ3v) is 4.44. The van der Waals surface area contributed by atoms with E-state index in [1.165, 1.54) is 0 Å². The fraction of sp³-hybridized carbons (Fsp3) is 0.533. The minimum absolute atomic E-state index is 0.0529. The van der Waals surface area contributed by atoms with Gasteiger partial charge in [0.2, 0.25) is 0 Å². The van der Waals surface area contributed by atoms with E-state index in [0.717, 1.165) is 23.4 Å². The summed E-state index contributed by atoms with van der Waals surface area (Å²) in [6.45, 7) is 3.24. The molecule has 1 N–H and O–H groups in total. The molecule has 118 valence electrons. The molecule has 3 heterocycles. The first-order valence-corrected chi connectivity index (χ1v) is 7.47. The van der Waals surface area contributed by atoms with Crippen molar-refractivity contribution < 1.29 is 9.53 Å². The van der Waals surface area contributed by atoms with Gasteiger partial charge in [0.05, 0.1) is 29.5 Å². The summed E-state index contributed by atoms with van der Waals surface area (Å²) in [6.07, 6.45) is 4.41. The van der Waals surface area contributed by atoms with Gasteiger partial charge in [0, 0.05) is 39.1 Å². The van der Waals surface area contributed by atoms with Gasteiger partial charge >= 0.3 is 0 Å². The third kappa shape index (κ3) is 2.41. The molecule has 7 heteroatoms. The van der Waals surface area contributed by atoms with Crippen molar-refractivity contribution in [1.82, 2.24) is 24.9 Å². The number of aromatic amines is 1. The number of amides is 1. The first kappa shape index (κ1) is 14.8. The second kappa shape index (κ2) is 5.92. The number of rotatable bonds is 4. The van der Waals surface area contributed by atoms with Crippen LogP contribution >= 0.6 is 0 Å². The van der Waals surface area contributed by atoms with Gasteiger partial charge in [-0.2, -0.15) is 15.4 Å². The van der Waals surface area contributed by atoms with Crippen molar-refractivity contribution in [2.75, 3.05) is 20.2 Å². The summed E-state index contributed by atoms with van der Waals surface area (Å²) in [7, 11) is 3.64. The van der Waals surface area contributed by atoms with E-state index >= 15 is 0 Å². The maximum Gasteiger partial charge on any atom is 0.255 e. The lowest BCUT2D eigenvalue weighted by atomic mass is 10.0. The number of ether oxygens (including phenoxy) is 1. The van der Waals surface area contributed by atoms with Gasteiger partial charge in [-0.15, -0.1) is 0 Å². The molecule has 0 aromatic carbocycles. The molecule has 3 rings (SSSR count). The SMILES string of the molecule is CCc1c(C(=O)N2C[C@@H](OC)[C@H](c3cn[nH]n3)C2)ccn1C. The molecule has 1 amide bonds. The Morgan fingerprint density at radius 2 is 2.32 bits per heavy atom. The zero-order valence-electron chi connectivity index (χ0n) is 13.1. The van der Waals surface area contributed by atoms with E-state index in [1.54, 1.807) is 13.3 Å². The number of H-pyrrole nitrogens is 1. The van der Waals surface area contributed by atoms with Crippen LogP contribution in [0, 0.1) is 0 Å². The average molecular weight is 303 g/mol. The molecule has 0 radical (unpaired) electrons. The van der Waals surface area contributed by atoms with E-state index in [0.29, 0.717) is 13.1 Å². The third-order valence-electron chi connectivity index (χ3n) is 4.44. The summed E-state index contributed by atoms with van der Waals surface area (Å²) in [4.78, 5) is 14.7. The van der Waals surface area contributed by atoms with Crippen molar-refractivity contribution in [3.8, 4) is 0 Å². The molecule has 0 unspecified atom stereocenters. The molecule has 0 spiro atoms. The van der Waals surface area contributed by atoms with Crippen molar-refractivity contribution in [2.45, 2.75) is 25.4 Å². The van der Waals surface area contributed by atoms with Gasteiger partial charge in [0.25, 0.3) is 5.91 Å². The van der Waals surface area contributed by atoms with Gasteiger partial charge in [-0.25, -0.2) is 0 Å². The van der Waals surface area contributed by atoms with Crippen LogP contribution in [0.1, 0.15) is 34.6 Å². The number of nitrogens with one attached hydrogen (secondary N) is 1. The van der Waals surface area contributed by atoms with Gasteiger partial charge in [-0.1, -0.05) is 6.92 Å². The number of methoxy groups -OCH3 is 1. The Bertz CT molecular complexity index is 649. The fourth-order valence-corrected chi connectivity index (χ4v) is 3.22. The largest absolute Gasteiger partial charge is 0.379 e. The van der Waals surface area contributed by atoms with E-state index in [-0.39, 0.29) is 17.9 Å². The zero-order valence-corrected chi connectivity index (χ0v) is 13.1. The van der Waals surface area contributed by atoms with Crippen molar-refractivity contribution in [1.29, 1.82) is 0 Å². The van der Waals surface area contributed by atoms with Crippen LogP contribution in [-0.4, -0.2) is 57.1 Å². The molecule has 1 fully saturated rings. The first-order valence-electron chi connectivity index (χ1n) is 7.47. The Hall–Kier alpha value is -2.15. The van der Waals surface area contributed by atoms with E-state index in [1.807, 2.05) is 28.8 Å². The first-order chi connectivity index (χ1) is 10.7. The molecule has 22 heavy (non-hydrogen) atoms. The van der Waals surface area contributed by atoms with Crippen LogP contribution in [0.3, 0.4) is 0 Å². The molecule has 2 aromatic heterocycles. The normalized spacial score (nSPS) is 21.5. The Morgan fingerprint density at radius 1 is 1.50 bits per heavy atom. The van der Waals surface area contributed by atoms with Gasteiger partial charge in [0.1, 0.15) is 0 Å². The summed E-state index contributed by atoms with van der Waals surface area (Å²) in [5.74, 6) is 0.118. The van der Waals surface area contributed by atoms with Crippen molar-refractivity contribution in [2.24, 2.45) is 7.05 Å². The van der Waals surface area contributed by atoms with Crippen molar-refractivity contribution in [3.63, 3.8) is 0 Å². The van der Waals surface area contributed by atoms with Crippen molar-refractivity contribution in [3.05, 3.63) is 35.4 Å². The molecule has 1 saturated heterocycles. The van der Waals surface area contributed by atoms with Crippen molar-refractivity contribution >= 4 is 5.91 Å². The summed E-state index contributed by atoms with van der Waals surface area (Å²) in [6, 6.07) is 1.90. The molecule has 0 bridgehead atoms. The lowest BCUT2D eigenvalue weighted by molar-refractivity contribution is 0.0713. The number of aryl methyl sites for hydroxylation is 1. The lowest BCUT2D eigenvalue weighted by Gasteiger charge is -2.16. The zero-order chi connectivity index (χ0) is 15.7. The Balaban J connectivity index is 1.82. The molecule has 7 nitrogen and oxygen atoms in total. The van der Waals surface area contributed by atoms with Gasteiger partial charge in [-0.3, -0.25) is 4.79 Å². The molecular weight excluding hydrogens is 282 g/mol. The van der Waals surface area contributed by atoms with Crippen LogP contribution < -0.4 is 0 Å². The molecule has 0 saturated carbocycles. The smallest absolute Gasteiger partial charge is 0.255 e. The molecule has 2 aromatic rings. The van der Waals surface area contributed by atoms with E-state index in [4.69, 9.17) is 4.74 Å². The van der Waals surface area contributed by atoms with Crippen LogP contribution in [0.5, 0.6) is 0 Å². The molecule has 1 aliphatic heterocycles. The summed E-state index contributed by atoms with van der Waals surface area (Å²) in [5, 5.41) is 10.6. The number of aromatic nitrogens is 4. The maximum absolute atomic E-state index is 12.8. The highest BCUT2D eigenvalue weighted by Gasteiger charge is 2.38. The van der Waals surface area contributed by atoms with Crippen LogP contribution in [0.4, 0.5) is 0 Å². The van der Waals surface area contributed by atoms with E-state index < -0.39 is 0 Å². The van der Waals surface area contributed by atoms with Crippen LogP contribution in [0.15, 0.2) is 18.5 Å². The Labute approximate surface area is 129 Å². The molecule has 1 aliphatic rings. The number of carbonyl (C=O) groups excluding carboxylic acids is 1. The highest BCUT2D eigenvalue weighted by molar-refractivity contribution is 5.95. The second-order valence-electron chi connectivity index (χ2n) is 5.63. The predicted octanol–water partition coefficient (Wildman–Crippen LogP) is 0.960. The minimum atomic E-state index is -0.0529. The Kier molecular flexibility index (Phi) is 3.98.